The van der Waals surface area contributed by atoms with Gasteiger partial charge in [0.15, 0.2) is 0 Å². The summed E-state index contributed by atoms with van der Waals surface area (Å²) < 4.78 is 0. The lowest BCUT2D eigenvalue weighted by Crippen LogP contribution is -2.42. The maximum atomic E-state index is 10.3. The molecule has 1 saturated carbocycles. The van der Waals surface area contributed by atoms with E-state index in [2.05, 4.69) is 12.2 Å². The standard InChI is InChI=1S/C15H31NO/c1-2-3-4-5-6-10-13-16-14-15(17)11-8-7-9-12-15/h16-17H,2-14H2,1H3. The number of rotatable bonds is 9. The molecule has 2 nitrogen and oxygen atoms in total. The Morgan fingerprint density at radius 3 is 2.29 bits per heavy atom. The number of aliphatic hydroxyl groups is 1. The molecule has 0 aromatic rings. The minimum absolute atomic E-state index is 0.388. The van der Waals surface area contributed by atoms with Crippen LogP contribution in [-0.2, 0) is 0 Å². The van der Waals surface area contributed by atoms with Gasteiger partial charge >= 0.3 is 0 Å². The summed E-state index contributed by atoms with van der Waals surface area (Å²) in [6.45, 7) is 4.14. The van der Waals surface area contributed by atoms with Gasteiger partial charge < -0.3 is 10.4 Å². The molecule has 0 radical (unpaired) electrons. The van der Waals surface area contributed by atoms with Crippen molar-refractivity contribution in [1.29, 1.82) is 0 Å². The quantitative estimate of drug-likeness (QED) is 0.604. The normalized spacial score (nSPS) is 19.4. The maximum absolute atomic E-state index is 10.3. The second-order valence-electron chi connectivity index (χ2n) is 5.73. The van der Waals surface area contributed by atoms with E-state index in [-0.39, 0.29) is 5.60 Å². The van der Waals surface area contributed by atoms with Gasteiger partial charge in [0.25, 0.3) is 0 Å². The van der Waals surface area contributed by atoms with E-state index in [1.165, 1.54) is 57.8 Å². The highest BCUT2D eigenvalue weighted by molar-refractivity contribution is 4.84. The van der Waals surface area contributed by atoms with Crippen molar-refractivity contribution in [3.8, 4) is 0 Å². The van der Waals surface area contributed by atoms with Gasteiger partial charge in [0.2, 0.25) is 0 Å². The molecule has 0 aliphatic heterocycles. The fraction of sp³-hybridized carbons (Fsp3) is 1.00. The average molecular weight is 241 g/mol. The molecule has 0 spiro atoms. The fourth-order valence-electron chi connectivity index (χ4n) is 2.74. The first-order valence-electron chi connectivity index (χ1n) is 7.70. The highest BCUT2D eigenvalue weighted by Crippen LogP contribution is 2.27. The van der Waals surface area contributed by atoms with Gasteiger partial charge in [-0.3, -0.25) is 0 Å². The van der Waals surface area contributed by atoms with Gasteiger partial charge in [0, 0.05) is 6.54 Å². The fourth-order valence-corrected chi connectivity index (χ4v) is 2.74. The van der Waals surface area contributed by atoms with Crippen molar-refractivity contribution in [1.82, 2.24) is 5.32 Å². The molecule has 1 rings (SSSR count). The van der Waals surface area contributed by atoms with Crippen molar-refractivity contribution in [2.75, 3.05) is 13.1 Å². The van der Waals surface area contributed by atoms with Crippen LogP contribution in [0.15, 0.2) is 0 Å². The van der Waals surface area contributed by atoms with Crippen LogP contribution in [0, 0.1) is 0 Å². The Kier molecular flexibility index (Phi) is 7.87. The zero-order chi connectivity index (χ0) is 12.4. The van der Waals surface area contributed by atoms with Gasteiger partial charge in [-0.2, -0.15) is 0 Å². The number of hydrogen-bond acceptors (Lipinski definition) is 2. The molecule has 0 saturated heterocycles. The molecule has 0 amide bonds. The first-order valence-corrected chi connectivity index (χ1v) is 7.70. The summed E-state index contributed by atoms with van der Waals surface area (Å²) in [7, 11) is 0. The third-order valence-corrected chi connectivity index (χ3v) is 3.95. The van der Waals surface area contributed by atoms with Gasteiger partial charge in [0.05, 0.1) is 5.60 Å². The van der Waals surface area contributed by atoms with Crippen LogP contribution in [0.5, 0.6) is 0 Å². The second-order valence-corrected chi connectivity index (χ2v) is 5.73. The topological polar surface area (TPSA) is 32.3 Å². The minimum Gasteiger partial charge on any atom is -0.389 e. The molecule has 0 heterocycles. The van der Waals surface area contributed by atoms with Crippen LogP contribution in [0.25, 0.3) is 0 Å². The number of nitrogens with one attached hydrogen (secondary N) is 1. The lowest BCUT2D eigenvalue weighted by molar-refractivity contribution is 0.00503. The molecule has 0 atom stereocenters. The van der Waals surface area contributed by atoms with Gasteiger partial charge in [-0.25, -0.2) is 0 Å². The Labute approximate surface area is 107 Å². The molecular weight excluding hydrogens is 210 g/mol. The minimum atomic E-state index is -0.388. The van der Waals surface area contributed by atoms with Crippen molar-refractivity contribution < 1.29 is 5.11 Å². The summed E-state index contributed by atoms with van der Waals surface area (Å²) in [5, 5.41) is 13.7. The Hall–Kier alpha value is -0.0800. The monoisotopic (exact) mass is 241 g/mol. The summed E-state index contributed by atoms with van der Waals surface area (Å²) >= 11 is 0. The Morgan fingerprint density at radius 2 is 1.59 bits per heavy atom. The molecule has 1 fully saturated rings. The number of hydrogen-bond donors (Lipinski definition) is 2. The van der Waals surface area contributed by atoms with Crippen molar-refractivity contribution in [2.45, 2.75) is 83.2 Å². The highest BCUT2D eigenvalue weighted by Gasteiger charge is 2.28. The van der Waals surface area contributed by atoms with Crippen LogP contribution in [0.4, 0.5) is 0 Å². The van der Waals surface area contributed by atoms with E-state index in [1.807, 2.05) is 0 Å². The first kappa shape index (κ1) is 15.0. The largest absolute Gasteiger partial charge is 0.389 e. The van der Waals surface area contributed by atoms with Crippen LogP contribution in [-0.4, -0.2) is 23.8 Å². The van der Waals surface area contributed by atoms with E-state index in [9.17, 15) is 5.11 Å². The van der Waals surface area contributed by atoms with Crippen LogP contribution < -0.4 is 5.32 Å². The molecule has 17 heavy (non-hydrogen) atoms. The molecule has 1 aliphatic rings. The molecule has 1 aliphatic carbocycles. The van der Waals surface area contributed by atoms with Crippen molar-refractivity contribution in [2.24, 2.45) is 0 Å². The predicted octanol–water partition coefficient (Wildman–Crippen LogP) is 3.63. The average Bonchev–Trinajstić information content (AvgIpc) is 2.33. The lowest BCUT2D eigenvalue weighted by Gasteiger charge is -2.32. The van der Waals surface area contributed by atoms with Gasteiger partial charge in [-0.1, -0.05) is 58.3 Å². The van der Waals surface area contributed by atoms with Crippen LogP contribution in [0.2, 0.25) is 0 Å². The van der Waals surface area contributed by atoms with E-state index in [4.69, 9.17) is 0 Å². The maximum Gasteiger partial charge on any atom is 0.0771 e. The summed E-state index contributed by atoms with van der Waals surface area (Å²) in [5.41, 5.74) is -0.388. The van der Waals surface area contributed by atoms with E-state index < -0.39 is 0 Å². The Morgan fingerprint density at radius 1 is 0.941 bits per heavy atom. The Balaban J connectivity index is 1.89. The Bertz CT molecular complexity index is 176. The predicted molar refractivity (Wildman–Crippen MR) is 74.3 cm³/mol. The van der Waals surface area contributed by atoms with Crippen LogP contribution >= 0.6 is 0 Å². The van der Waals surface area contributed by atoms with E-state index in [0.29, 0.717) is 0 Å². The zero-order valence-corrected chi connectivity index (χ0v) is 11.6. The summed E-state index contributed by atoms with van der Waals surface area (Å²) in [6.07, 6.45) is 13.8. The summed E-state index contributed by atoms with van der Waals surface area (Å²) in [4.78, 5) is 0. The van der Waals surface area contributed by atoms with Crippen molar-refractivity contribution >= 4 is 0 Å². The molecule has 2 heteroatoms. The third kappa shape index (κ3) is 7.05. The van der Waals surface area contributed by atoms with Crippen LogP contribution in [0.1, 0.15) is 77.6 Å². The summed E-state index contributed by atoms with van der Waals surface area (Å²) in [6, 6.07) is 0. The van der Waals surface area contributed by atoms with Gasteiger partial charge in [-0.15, -0.1) is 0 Å². The molecule has 0 unspecified atom stereocenters. The zero-order valence-electron chi connectivity index (χ0n) is 11.6. The smallest absolute Gasteiger partial charge is 0.0771 e. The molecule has 0 bridgehead atoms. The van der Waals surface area contributed by atoms with Gasteiger partial charge in [0.1, 0.15) is 0 Å². The number of unbranched alkanes of at least 4 members (excludes halogenated alkanes) is 5. The summed E-state index contributed by atoms with van der Waals surface area (Å²) in [5.74, 6) is 0. The van der Waals surface area contributed by atoms with E-state index in [0.717, 1.165) is 25.9 Å². The molecule has 0 aromatic heterocycles. The highest BCUT2D eigenvalue weighted by atomic mass is 16.3. The van der Waals surface area contributed by atoms with E-state index >= 15 is 0 Å². The van der Waals surface area contributed by atoms with Crippen molar-refractivity contribution in [3.63, 3.8) is 0 Å². The molecule has 0 aromatic carbocycles. The lowest BCUT2D eigenvalue weighted by atomic mass is 9.85. The van der Waals surface area contributed by atoms with Gasteiger partial charge in [-0.05, 0) is 25.8 Å². The van der Waals surface area contributed by atoms with Crippen LogP contribution in [0.3, 0.4) is 0 Å². The second kappa shape index (κ2) is 8.93. The SMILES string of the molecule is CCCCCCCCNCC1(O)CCCCC1. The molecule has 2 N–H and O–H groups in total. The first-order chi connectivity index (χ1) is 8.27. The molecular formula is C15H31NO. The molecule has 102 valence electrons. The van der Waals surface area contributed by atoms with Crippen molar-refractivity contribution in [3.05, 3.63) is 0 Å². The third-order valence-electron chi connectivity index (χ3n) is 3.95. The van der Waals surface area contributed by atoms with E-state index in [1.54, 1.807) is 0 Å².